The summed E-state index contributed by atoms with van der Waals surface area (Å²) in [5.41, 5.74) is 3.95. The van der Waals surface area contributed by atoms with Gasteiger partial charge in [0.1, 0.15) is 0 Å². The van der Waals surface area contributed by atoms with Crippen molar-refractivity contribution in [1.29, 1.82) is 0 Å². The van der Waals surface area contributed by atoms with Gasteiger partial charge in [0, 0.05) is 11.6 Å². The van der Waals surface area contributed by atoms with Gasteiger partial charge in [0.25, 0.3) is 5.56 Å². The normalized spacial score (nSPS) is 10.3. The van der Waals surface area contributed by atoms with Crippen LogP contribution in [0.15, 0.2) is 71.7 Å². The van der Waals surface area contributed by atoms with E-state index in [9.17, 15) is 4.79 Å². The quantitative estimate of drug-likeness (QED) is 0.757. The van der Waals surface area contributed by atoms with Gasteiger partial charge in [-0.15, -0.1) is 0 Å². The first kappa shape index (κ1) is 11.4. The summed E-state index contributed by atoms with van der Waals surface area (Å²) in [5.74, 6) is 0. The first-order valence-corrected chi connectivity index (χ1v) is 6.03. The van der Waals surface area contributed by atoms with E-state index in [1.807, 2.05) is 42.5 Å². The largest absolute Gasteiger partial charge is 0.268 e. The van der Waals surface area contributed by atoms with Crippen LogP contribution in [-0.4, -0.2) is 10.2 Å². The maximum absolute atomic E-state index is 11.2. The third-order valence-electron chi connectivity index (χ3n) is 2.99. The number of aromatic nitrogens is 2. The molecule has 1 N–H and O–H groups in total. The van der Waals surface area contributed by atoms with Crippen molar-refractivity contribution in [2.45, 2.75) is 0 Å². The molecule has 0 amide bonds. The smallest absolute Gasteiger partial charge is 0.264 e. The zero-order valence-corrected chi connectivity index (χ0v) is 10.2. The Morgan fingerprint density at radius 3 is 1.95 bits per heavy atom. The van der Waals surface area contributed by atoms with Gasteiger partial charge < -0.3 is 0 Å². The number of H-pyrrole nitrogens is 1. The van der Waals surface area contributed by atoms with E-state index < -0.39 is 0 Å². The summed E-state index contributed by atoms with van der Waals surface area (Å²) in [4.78, 5) is 11.2. The van der Waals surface area contributed by atoms with Crippen molar-refractivity contribution in [3.8, 4) is 22.3 Å². The van der Waals surface area contributed by atoms with Crippen LogP contribution in [0, 0.1) is 0 Å². The van der Waals surface area contributed by atoms with E-state index in [1.165, 1.54) is 5.56 Å². The number of rotatable bonds is 2. The molecule has 0 atom stereocenters. The third kappa shape index (κ3) is 2.45. The predicted molar refractivity (Wildman–Crippen MR) is 75.7 cm³/mol. The molecule has 0 aliphatic rings. The summed E-state index contributed by atoms with van der Waals surface area (Å²) in [5, 5.41) is 6.18. The highest BCUT2D eigenvalue weighted by Crippen LogP contribution is 2.23. The summed E-state index contributed by atoms with van der Waals surface area (Å²) < 4.78 is 0. The standard InChI is InChI=1S/C16H12N2O/c19-16-10-15(11-17-18-16)14-8-6-13(7-9-14)12-4-2-1-3-5-12/h1-11H,(H,18,19). The van der Waals surface area contributed by atoms with Crippen molar-refractivity contribution < 1.29 is 0 Å². The molecule has 3 heteroatoms. The fraction of sp³-hybridized carbons (Fsp3) is 0. The van der Waals surface area contributed by atoms with Gasteiger partial charge in [-0.2, -0.15) is 5.10 Å². The Bertz CT molecular complexity index is 730. The summed E-state index contributed by atoms with van der Waals surface area (Å²) in [6.45, 7) is 0. The van der Waals surface area contributed by atoms with E-state index in [2.05, 4.69) is 22.3 Å². The number of nitrogens with one attached hydrogen (secondary N) is 1. The molecule has 0 aliphatic heterocycles. The maximum atomic E-state index is 11.2. The van der Waals surface area contributed by atoms with Gasteiger partial charge >= 0.3 is 0 Å². The van der Waals surface area contributed by atoms with Gasteiger partial charge in [-0.25, -0.2) is 5.10 Å². The van der Waals surface area contributed by atoms with E-state index in [-0.39, 0.29) is 5.56 Å². The molecule has 3 aromatic rings. The predicted octanol–water partition coefficient (Wildman–Crippen LogP) is 3.10. The molecule has 0 unspecified atom stereocenters. The van der Waals surface area contributed by atoms with Crippen LogP contribution in [0.3, 0.4) is 0 Å². The lowest BCUT2D eigenvalue weighted by Crippen LogP contribution is -2.05. The molecular weight excluding hydrogens is 236 g/mol. The van der Waals surface area contributed by atoms with Gasteiger partial charge in [-0.05, 0) is 16.7 Å². The van der Waals surface area contributed by atoms with Gasteiger partial charge in [0.2, 0.25) is 0 Å². The minimum atomic E-state index is -0.190. The molecule has 0 saturated heterocycles. The topological polar surface area (TPSA) is 45.8 Å². The average Bonchev–Trinajstić information content (AvgIpc) is 2.48. The summed E-state index contributed by atoms with van der Waals surface area (Å²) in [6.07, 6.45) is 1.65. The Labute approximate surface area is 110 Å². The molecular formula is C16H12N2O. The zero-order chi connectivity index (χ0) is 13.1. The van der Waals surface area contributed by atoms with E-state index in [1.54, 1.807) is 12.3 Å². The van der Waals surface area contributed by atoms with Crippen LogP contribution in [0.5, 0.6) is 0 Å². The van der Waals surface area contributed by atoms with Gasteiger partial charge in [0.05, 0.1) is 6.20 Å². The van der Waals surface area contributed by atoms with Crippen LogP contribution < -0.4 is 5.56 Å². The van der Waals surface area contributed by atoms with Gasteiger partial charge in [-0.1, -0.05) is 54.6 Å². The number of hydrogen-bond acceptors (Lipinski definition) is 2. The monoisotopic (exact) mass is 248 g/mol. The van der Waals surface area contributed by atoms with Crippen LogP contribution in [0.1, 0.15) is 0 Å². The minimum Gasteiger partial charge on any atom is -0.268 e. The zero-order valence-electron chi connectivity index (χ0n) is 10.2. The summed E-state index contributed by atoms with van der Waals surface area (Å²) >= 11 is 0. The highest BCUT2D eigenvalue weighted by Gasteiger charge is 2.00. The van der Waals surface area contributed by atoms with Crippen molar-refractivity contribution in [3.63, 3.8) is 0 Å². The van der Waals surface area contributed by atoms with Crippen LogP contribution in [-0.2, 0) is 0 Å². The number of aromatic amines is 1. The summed E-state index contributed by atoms with van der Waals surface area (Å²) in [6, 6.07) is 19.8. The van der Waals surface area contributed by atoms with Crippen LogP contribution in [0.25, 0.3) is 22.3 Å². The fourth-order valence-electron chi connectivity index (χ4n) is 2.02. The molecule has 0 bridgehead atoms. The summed E-state index contributed by atoms with van der Waals surface area (Å²) in [7, 11) is 0. The van der Waals surface area contributed by atoms with Crippen molar-refractivity contribution >= 4 is 0 Å². The first-order chi connectivity index (χ1) is 9.33. The molecule has 19 heavy (non-hydrogen) atoms. The molecule has 3 rings (SSSR count). The van der Waals surface area contributed by atoms with E-state index >= 15 is 0 Å². The maximum Gasteiger partial charge on any atom is 0.264 e. The van der Waals surface area contributed by atoms with Gasteiger partial charge in [0.15, 0.2) is 0 Å². The third-order valence-corrected chi connectivity index (χ3v) is 2.99. The Balaban J connectivity index is 1.98. The number of nitrogens with zero attached hydrogens (tertiary/aromatic N) is 1. The van der Waals surface area contributed by atoms with E-state index in [4.69, 9.17) is 0 Å². The first-order valence-electron chi connectivity index (χ1n) is 6.03. The molecule has 2 aromatic carbocycles. The molecule has 0 spiro atoms. The molecule has 3 nitrogen and oxygen atoms in total. The second kappa shape index (κ2) is 4.90. The molecule has 0 radical (unpaired) electrons. The lowest BCUT2D eigenvalue weighted by molar-refractivity contribution is 0.991. The second-order valence-corrected chi connectivity index (χ2v) is 4.28. The van der Waals surface area contributed by atoms with E-state index in [0.717, 1.165) is 16.7 Å². The molecule has 0 fully saturated rings. The Morgan fingerprint density at radius 1 is 0.737 bits per heavy atom. The molecule has 0 saturated carbocycles. The molecule has 0 aliphatic carbocycles. The fourth-order valence-corrected chi connectivity index (χ4v) is 2.02. The molecule has 1 aromatic heterocycles. The van der Waals surface area contributed by atoms with Crippen molar-refractivity contribution in [2.24, 2.45) is 0 Å². The highest BCUT2D eigenvalue weighted by atomic mass is 16.1. The molecule has 92 valence electrons. The lowest BCUT2D eigenvalue weighted by atomic mass is 10.0. The Hall–Kier alpha value is -2.68. The van der Waals surface area contributed by atoms with Crippen LogP contribution >= 0.6 is 0 Å². The SMILES string of the molecule is O=c1cc(-c2ccc(-c3ccccc3)cc2)cn[nH]1. The Kier molecular flexibility index (Phi) is 2.94. The average molecular weight is 248 g/mol. The van der Waals surface area contributed by atoms with Crippen molar-refractivity contribution in [1.82, 2.24) is 10.2 Å². The highest BCUT2D eigenvalue weighted by molar-refractivity contribution is 5.69. The Morgan fingerprint density at radius 2 is 1.32 bits per heavy atom. The van der Waals surface area contributed by atoms with Crippen molar-refractivity contribution in [2.75, 3.05) is 0 Å². The van der Waals surface area contributed by atoms with Crippen LogP contribution in [0.4, 0.5) is 0 Å². The van der Waals surface area contributed by atoms with E-state index in [0.29, 0.717) is 0 Å². The minimum absolute atomic E-state index is 0.190. The second-order valence-electron chi connectivity index (χ2n) is 4.28. The van der Waals surface area contributed by atoms with Crippen LogP contribution in [0.2, 0.25) is 0 Å². The lowest BCUT2D eigenvalue weighted by Gasteiger charge is -2.04. The van der Waals surface area contributed by atoms with Gasteiger partial charge in [-0.3, -0.25) is 4.79 Å². The number of benzene rings is 2. The number of hydrogen-bond donors (Lipinski definition) is 1. The van der Waals surface area contributed by atoms with Crippen molar-refractivity contribution in [3.05, 3.63) is 77.2 Å². The molecule has 1 heterocycles.